The van der Waals surface area contributed by atoms with Crippen LogP contribution >= 0.6 is 0 Å². The van der Waals surface area contributed by atoms with Gasteiger partial charge in [-0.25, -0.2) is 0 Å². The molecule has 4 aromatic carbocycles. The number of ketones is 1. The van der Waals surface area contributed by atoms with E-state index in [9.17, 15) is 4.79 Å². The van der Waals surface area contributed by atoms with Crippen LogP contribution in [0.15, 0.2) is 113 Å². The van der Waals surface area contributed by atoms with Crippen LogP contribution in [0.25, 0.3) is 55.4 Å². The van der Waals surface area contributed by atoms with Gasteiger partial charge in [-0.05, 0) is 54.4 Å². The predicted octanol–water partition coefficient (Wildman–Crippen LogP) is 9.67. The number of aliphatic hydroxyl groups excluding tert-OH is 1. The van der Waals surface area contributed by atoms with Gasteiger partial charge in [0.2, 0.25) is 0 Å². The van der Waals surface area contributed by atoms with E-state index in [1.54, 1.807) is 0 Å². The predicted molar refractivity (Wildman–Crippen MR) is 181 cm³/mol. The fraction of sp³-hybridized carbons (Fsp3) is 0.158. The number of nitrogens with zero attached hydrogens (tertiary/aromatic N) is 1. The van der Waals surface area contributed by atoms with E-state index in [-0.39, 0.29) is 31.6 Å². The van der Waals surface area contributed by atoms with Crippen LogP contribution < -0.4 is 5.19 Å². The molecule has 2 heterocycles. The number of carbonyl (C=O) groups is 1. The van der Waals surface area contributed by atoms with Crippen molar-refractivity contribution in [3.63, 3.8) is 0 Å². The van der Waals surface area contributed by atoms with Crippen molar-refractivity contribution >= 4 is 40.8 Å². The Bertz CT molecular complexity index is 1950. The number of aromatic nitrogens is 1. The Labute approximate surface area is 273 Å². The number of pyridine rings is 1. The maximum Gasteiger partial charge on any atom is 0.155 e. The van der Waals surface area contributed by atoms with Crippen molar-refractivity contribution in [2.45, 2.75) is 40.4 Å². The van der Waals surface area contributed by atoms with Crippen molar-refractivity contribution in [2.75, 3.05) is 0 Å². The van der Waals surface area contributed by atoms with Gasteiger partial charge in [-0.15, -0.1) is 11.6 Å². The Morgan fingerprint density at radius 3 is 2.09 bits per heavy atom. The monoisotopic (exact) mass is 775 g/mol. The van der Waals surface area contributed by atoms with Crippen LogP contribution in [-0.4, -0.2) is 23.9 Å². The molecule has 6 rings (SSSR count). The normalized spacial score (nSPS) is 11.5. The largest absolute Gasteiger partial charge is 0.512 e. The molecule has 1 radical (unpaired) electrons. The second-order valence-corrected chi connectivity index (χ2v) is 16.9. The standard InChI is InChI=1S/C33H28NOSi.C5H8O2.Ir/c1-22-31-29(23-11-7-5-8-12-23)20-26(21-30(31)35-33(22)24-13-9-6-10-14-24)32-28-16-15-27(36(2,3)4)19-25(28)17-18-34-32;1-4(6)3-5(2)7;/h5-20H,1-4H3;3,6H,1-2H3;/q-1;;/b;4-3-;. The van der Waals surface area contributed by atoms with Gasteiger partial charge in [0.1, 0.15) is 5.76 Å². The summed E-state index contributed by atoms with van der Waals surface area (Å²) in [4.78, 5) is 14.9. The first-order valence-corrected chi connectivity index (χ1v) is 17.9. The molecule has 0 atom stereocenters. The number of hydrogen-bond acceptors (Lipinski definition) is 4. The molecule has 0 saturated carbocycles. The van der Waals surface area contributed by atoms with Crippen LogP contribution in [0.4, 0.5) is 0 Å². The number of benzene rings is 4. The number of allylic oxidation sites excluding steroid dienone is 2. The number of aryl methyl sites for hydroxylation is 1. The molecule has 0 fully saturated rings. The average Bonchev–Trinajstić information content (AvgIpc) is 3.32. The van der Waals surface area contributed by atoms with Gasteiger partial charge >= 0.3 is 0 Å². The molecule has 0 amide bonds. The Hall–Kier alpha value is -4.09. The molecule has 0 unspecified atom stereocenters. The van der Waals surface area contributed by atoms with E-state index in [1.807, 2.05) is 24.4 Å². The number of aliphatic hydroxyl groups is 1. The van der Waals surface area contributed by atoms with Crippen LogP contribution in [0.2, 0.25) is 19.6 Å². The van der Waals surface area contributed by atoms with E-state index >= 15 is 0 Å². The number of rotatable bonds is 5. The third kappa shape index (κ3) is 7.16. The molecule has 0 aliphatic carbocycles. The Morgan fingerprint density at radius 2 is 1.52 bits per heavy atom. The van der Waals surface area contributed by atoms with E-state index in [4.69, 9.17) is 14.5 Å². The van der Waals surface area contributed by atoms with Crippen molar-refractivity contribution in [1.29, 1.82) is 0 Å². The SMILES string of the molecule is CC(=O)/C=C(/C)O.Cc1c(-c2ccccc2)oc2[c-]c(-c3nccc4cc([Si](C)(C)C)ccc34)cc(-c3ccccc3)c12.[Ir]. The fourth-order valence-electron chi connectivity index (χ4n) is 5.29. The minimum atomic E-state index is -1.42. The van der Waals surface area contributed by atoms with E-state index < -0.39 is 8.07 Å². The quantitative estimate of drug-likeness (QED) is 0.0821. The second-order valence-electron chi connectivity index (χ2n) is 11.8. The van der Waals surface area contributed by atoms with Gasteiger partial charge in [-0.2, -0.15) is 0 Å². The van der Waals surface area contributed by atoms with Crippen LogP contribution in [0, 0.1) is 13.0 Å². The summed E-state index contributed by atoms with van der Waals surface area (Å²) in [5.41, 5.74) is 7.14. The zero-order valence-electron chi connectivity index (χ0n) is 25.9. The molecule has 225 valence electrons. The van der Waals surface area contributed by atoms with Gasteiger partial charge in [0.15, 0.2) is 5.78 Å². The summed E-state index contributed by atoms with van der Waals surface area (Å²) in [6, 6.07) is 35.6. The number of carbonyl (C=O) groups excluding carboxylic acids is 1. The average molecular weight is 775 g/mol. The first-order chi connectivity index (χ1) is 20.5. The van der Waals surface area contributed by atoms with Gasteiger partial charge < -0.3 is 14.5 Å². The van der Waals surface area contributed by atoms with Crippen molar-refractivity contribution in [2.24, 2.45) is 0 Å². The molecular formula is C38H36IrNO3Si-. The van der Waals surface area contributed by atoms with Crippen molar-refractivity contribution < 1.29 is 34.4 Å². The zero-order valence-corrected chi connectivity index (χ0v) is 29.3. The van der Waals surface area contributed by atoms with Gasteiger partial charge in [-0.1, -0.05) is 121 Å². The topological polar surface area (TPSA) is 63.3 Å². The first-order valence-electron chi connectivity index (χ1n) is 14.4. The third-order valence-electron chi connectivity index (χ3n) is 7.37. The zero-order chi connectivity index (χ0) is 30.7. The molecule has 6 heteroatoms. The van der Waals surface area contributed by atoms with Gasteiger partial charge in [0, 0.05) is 37.9 Å². The third-order valence-corrected chi connectivity index (χ3v) is 9.41. The van der Waals surface area contributed by atoms with Gasteiger partial charge in [0.05, 0.1) is 19.4 Å². The molecule has 44 heavy (non-hydrogen) atoms. The van der Waals surface area contributed by atoms with Gasteiger partial charge in [-0.3, -0.25) is 4.79 Å². The molecule has 0 bridgehead atoms. The van der Waals surface area contributed by atoms with E-state index in [0.717, 1.165) is 55.6 Å². The summed E-state index contributed by atoms with van der Waals surface area (Å²) >= 11 is 0. The maximum atomic E-state index is 10.0. The summed E-state index contributed by atoms with van der Waals surface area (Å²) in [7, 11) is -1.42. The van der Waals surface area contributed by atoms with Crippen LogP contribution in [0.3, 0.4) is 0 Å². The Balaban J connectivity index is 0.000000497. The number of fused-ring (bicyclic) bond motifs is 2. The van der Waals surface area contributed by atoms with E-state index in [1.165, 1.54) is 30.5 Å². The minimum Gasteiger partial charge on any atom is -0.512 e. The summed E-state index contributed by atoms with van der Waals surface area (Å²) in [6.07, 6.45) is 3.08. The number of hydrogen-bond donors (Lipinski definition) is 1. The van der Waals surface area contributed by atoms with E-state index in [2.05, 4.69) is 105 Å². The smallest absolute Gasteiger partial charge is 0.155 e. The second kappa shape index (κ2) is 13.7. The molecule has 1 N–H and O–H groups in total. The molecule has 2 aromatic heterocycles. The summed E-state index contributed by atoms with van der Waals surface area (Å²) in [6.45, 7) is 12.1. The fourth-order valence-corrected chi connectivity index (χ4v) is 6.46. The molecular weight excluding hydrogens is 739 g/mol. The maximum absolute atomic E-state index is 10.0. The Morgan fingerprint density at radius 1 is 0.886 bits per heavy atom. The first kappa shape index (κ1) is 32.8. The van der Waals surface area contributed by atoms with Crippen LogP contribution in [0.5, 0.6) is 0 Å². The summed E-state index contributed by atoms with van der Waals surface area (Å²) in [5.74, 6) is 0.828. The van der Waals surface area contributed by atoms with Crippen LogP contribution in [-0.2, 0) is 24.9 Å². The van der Waals surface area contributed by atoms with Crippen molar-refractivity contribution in [3.05, 3.63) is 121 Å². The molecule has 4 nitrogen and oxygen atoms in total. The van der Waals surface area contributed by atoms with Crippen molar-refractivity contribution in [3.8, 4) is 33.7 Å². The Kier molecular flexibility index (Phi) is 10.2. The van der Waals surface area contributed by atoms with E-state index in [0.29, 0.717) is 0 Å². The molecule has 0 saturated heterocycles. The number of furan rings is 1. The minimum absolute atomic E-state index is 0. The molecule has 6 aromatic rings. The summed E-state index contributed by atoms with van der Waals surface area (Å²) < 4.78 is 6.51. The molecule has 0 aliphatic heterocycles. The molecule has 0 spiro atoms. The van der Waals surface area contributed by atoms with Crippen LogP contribution in [0.1, 0.15) is 19.4 Å². The summed E-state index contributed by atoms with van der Waals surface area (Å²) in [5, 5.41) is 13.3. The molecule has 0 aliphatic rings. The van der Waals surface area contributed by atoms with Crippen molar-refractivity contribution in [1.82, 2.24) is 4.98 Å². The van der Waals surface area contributed by atoms with Gasteiger partial charge in [0.25, 0.3) is 0 Å².